The molecular weight excluding hydrogens is 272 g/mol. The largest absolute Gasteiger partial charge is 0.491 e. The van der Waals surface area contributed by atoms with Crippen molar-refractivity contribution in [3.8, 4) is 5.75 Å². The molecule has 1 aromatic carbocycles. The number of ether oxygens (including phenoxy) is 2. The quantitative estimate of drug-likeness (QED) is 0.400. The van der Waals surface area contributed by atoms with Crippen LogP contribution in [0, 0.1) is 0 Å². The first-order valence-corrected chi connectivity index (χ1v) is 8.80. The number of hydrogen-bond acceptors (Lipinski definition) is 2. The lowest BCUT2D eigenvalue weighted by Crippen LogP contribution is -2.08. The Kier molecular flexibility index (Phi) is 11.4. The summed E-state index contributed by atoms with van der Waals surface area (Å²) in [6.45, 7) is 8.15. The molecule has 0 fully saturated rings. The molecule has 0 amide bonds. The lowest BCUT2D eigenvalue weighted by molar-refractivity contribution is 0.0970. The Balaban J connectivity index is 1.90. The van der Waals surface area contributed by atoms with Crippen LogP contribution in [0.1, 0.15) is 63.9 Å². The second-order valence-corrected chi connectivity index (χ2v) is 5.68. The van der Waals surface area contributed by atoms with Crippen molar-refractivity contribution >= 4 is 6.08 Å². The van der Waals surface area contributed by atoms with Crippen LogP contribution < -0.4 is 4.74 Å². The van der Waals surface area contributed by atoms with E-state index in [4.69, 9.17) is 9.47 Å². The van der Waals surface area contributed by atoms with Gasteiger partial charge in [-0.05, 0) is 12.5 Å². The van der Waals surface area contributed by atoms with Crippen molar-refractivity contribution < 1.29 is 9.47 Å². The SMILES string of the molecule is C=Cc1ccccc1OCCOCCCCCCCCCC. The minimum Gasteiger partial charge on any atom is -0.491 e. The normalized spacial score (nSPS) is 10.6. The van der Waals surface area contributed by atoms with Crippen LogP contribution >= 0.6 is 0 Å². The Morgan fingerprint density at radius 3 is 2.27 bits per heavy atom. The summed E-state index contributed by atoms with van der Waals surface area (Å²) in [6.07, 6.45) is 12.5. The predicted molar refractivity (Wildman–Crippen MR) is 95.5 cm³/mol. The van der Waals surface area contributed by atoms with Crippen molar-refractivity contribution in [2.45, 2.75) is 58.3 Å². The highest BCUT2D eigenvalue weighted by Gasteiger charge is 1.98. The number of para-hydroxylation sites is 1. The average molecular weight is 304 g/mol. The molecule has 0 N–H and O–H groups in total. The number of hydrogen-bond donors (Lipinski definition) is 0. The lowest BCUT2D eigenvalue weighted by Gasteiger charge is -2.09. The maximum Gasteiger partial charge on any atom is 0.126 e. The molecular formula is C20H32O2. The summed E-state index contributed by atoms with van der Waals surface area (Å²) < 4.78 is 11.3. The molecule has 2 nitrogen and oxygen atoms in total. The second kappa shape index (κ2) is 13.4. The van der Waals surface area contributed by atoms with Gasteiger partial charge in [-0.1, -0.05) is 82.7 Å². The van der Waals surface area contributed by atoms with Crippen LogP contribution in [0.5, 0.6) is 5.75 Å². The fraction of sp³-hybridized carbons (Fsp3) is 0.600. The molecule has 0 saturated heterocycles. The molecule has 0 unspecified atom stereocenters. The Morgan fingerprint density at radius 2 is 1.55 bits per heavy atom. The van der Waals surface area contributed by atoms with Crippen molar-refractivity contribution in [3.63, 3.8) is 0 Å². The van der Waals surface area contributed by atoms with Gasteiger partial charge >= 0.3 is 0 Å². The smallest absolute Gasteiger partial charge is 0.126 e. The molecule has 22 heavy (non-hydrogen) atoms. The van der Waals surface area contributed by atoms with E-state index in [9.17, 15) is 0 Å². The van der Waals surface area contributed by atoms with E-state index in [0.717, 1.165) is 24.3 Å². The lowest BCUT2D eigenvalue weighted by atomic mass is 10.1. The zero-order valence-corrected chi connectivity index (χ0v) is 14.2. The summed E-state index contributed by atoms with van der Waals surface area (Å²) in [6, 6.07) is 7.94. The first-order valence-electron chi connectivity index (χ1n) is 8.80. The number of unbranched alkanes of at least 4 members (excludes halogenated alkanes) is 7. The molecule has 124 valence electrons. The Bertz CT molecular complexity index is 387. The van der Waals surface area contributed by atoms with Crippen LogP contribution in [0.3, 0.4) is 0 Å². The van der Waals surface area contributed by atoms with Gasteiger partial charge in [-0.25, -0.2) is 0 Å². The number of rotatable bonds is 14. The van der Waals surface area contributed by atoms with Crippen molar-refractivity contribution in [2.75, 3.05) is 19.8 Å². The van der Waals surface area contributed by atoms with E-state index in [1.54, 1.807) is 0 Å². The van der Waals surface area contributed by atoms with Crippen LogP contribution in [-0.4, -0.2) is 19.8 Å². The van der Waals surface area contributed by atoms with Crippen LogP contribution in [0.4, 0.5) is 0 Å². The third kappa shape index (κ3) is 8.89. The summed E-state index contributed by atoms with van der Waals surface area (Å²) in [5, 5.41) is 0. The molecule has 0 spiro atoms. The molecule has 0 radical (unpaired) electrons. The van der Waals surface area contributed by atoms with E-state index >= 15 is 0 Å². The summed E-state index contributed by atoms with van der Waals surface area (Å²) in [5.41, 5.74) is 1.03. The van der Waals surface area contributed by atoms with Gasteiger partial charge in [-0.2, -0.15) is 0 Å². The molecule has 0 aliphatic carbocycles. The standard InChI is InChI=1S/C20H32O2/c1-3-5-6-7-8-9-10-13-16-21-17-18-22-20-15-12-11-14-19(20)4-2/h4,11-12,14-15H,2-3,5-10,13,16-18H2,1H3. The van der Waals surface area contributed by atoms with E-state index in [0.29, 0.717) is 13.2 Å². The zero-order valence-electron chi connectivity index (χ0n) is 14.2. The molecule has 0 bridgehead atoms. The van der Waals surface area contributed by atoms with Crippen molar-refractivity contribution in [3.05, 3.63) is 36.4 Å². The first-order chi connectivity index (χ1) is 10.9. The summed E-state index contributed by atoms with van der Waals surface area (Å²) in [7, 11) is 0. The highest BCUT2D eigenvalue weighted by molar-refractivity contribution is 5.55. The summed E-state index contributed by atoms with van der Waals surface area (Å²) in [4.78, 5) is 0. The Hall–Kier alpha value is -1.28. The van der Waals surface area contributed by atoms with Crippen LogP contribution in [0.2, 0.25) is 0 Å². The molecule has 0 aliphatic rings. The van der Waals surface area contributed by atoms with E-state index in [1.807, 2.05) is 30.3 Å². The van der Waals surface area contributed by atoms with Gasteiger partial charge < -0.3 is 9.47 Å². The number of benzene rings is 1. The highest BCUT2D eigenvalue weighted by atomic mass is 16.5. The fourth-order valence-electron chi connectivity index (χ4n) is 2.43. The molecule has 1 aromatic rings. The van der Waals surface area contributed by atoms with Gasteiger partial charge in [0.15, 0.2) is 0 Å². The van der Waals surface area contributed by atoms with E-state index in [2.05, 4.69) is 13.5 Å². The molecule has 0 saturated carbocycles. The topological polar surface area (TPSA) is 18.5 Å². The average Bonchev–Trinajstić information content (AvgIpc) is 2.56. The Labute approximate surface area is 136 Å². The highest BCUT2D eigenvalue weighted by Crippen LogP contribution is 2.18. The minimum atomic E-state index is 0.599. The summed E-state index contributed by atoms with van der Waals surface area (Å²) in [5.74, 6) is 0.883. The van der Waals surface area contributed by atoms with Crippen LogP contribution in [0.25, 0.3) is 6.08 Å². The Morgan fingerprint density at radius 1 is 0.864 bits per heavy atom. The third-order valence-electron chi connectivity index (χ3n) is 3.77. The van der Waals surface area contributed by atoms with E-state index in [-0.39, 0.29) is 0 Å². The van der Waals surface area contributed by atoms with Gasteiger partial charge in [0.05, 0.1) is 6.61 Å². The fourth-order valence-corrected chi connectivity index (χ4v) is 2.43. The molecule has 0 aliphatic heterocycles. The third-order valence-corrected chi connectivity index (χ3v) is 3.77. The maximum atomic E-state index is 5.71. The zero-order chi connectivity index (χ0) is 15.9. The van der Waals surface area contributed by atoms with E-state index < -0.39 is 0 Å². The van der Waals surface area contributed by atoms with E-state index in [1.165, 1.54) is 44.9 Å². The first kappa shape index (κ1) is 18.8. The van der Waals surface area contributed by atoms with Gasteiger partial charge in [-0.15, -0.1) is 0 Å². The van der Waals surface area contributed by atoms with Crippen molar-refractivity contribution in [1.29, 1.82) is 0 Å². The van der Waals surface area contributed by atoms with Gasteiger partial charge in [0.2, 0.25) is 0 Å². The summed E-state index contributed by atoms with van der Waals surface area (Å²) >= 11 is 0. The monoisotopic (exact) mass is 304 g/mol. The molecule has 1 rings (SSSR count). The molecule has 0 aromatic heterocycles. The van der Waals surface area contributed by atoms with Gasteiger partial charge in [0.1, 0.15) is 12.4 Å². The van der Waals surface area contributed by atoms with Crippen molar-refractivity contribution in [1.82, 2.24) is 0 Å². The molecule has 2 heteroatoms. The maximum absolute atomic E-state index is 5.71. The second-order valence-electron chi connectivity index (χ2n) is 5.68. The molecule has 0 heterocycles. The van der Waals surface area contributed by atoms with Crippen LogP contribution in [-0.2, 0) is 4.74 Å². The van der Waals surface area contributed by atoms with Crippen LogP contribution in [0.15, 0.2) is 30.8 Å². The predicted octanol–water partition coefficient (Wildman–Crippen LogP) is 5.87. The van der Waals surface area contributed by atoms with Gasteiger partial charge in [-0.3, -0.25) is 0 Å². The van der Waals surface area contributed by atoms with Gasteiger partial charge in [0, 0.05) is 12.2 Å². The molecule has 0 atom stereocenters. The van der Waals surface area contributed by atoms with Gasteiger partial charge in [0.25, 0.3) is 0 Å². The minimum absolute atomic E-state index is 0.599. The van der Waals surface area contributed by atoms with Crippen molar-refractivity contribution in [2.24, 2.45) is 0 Å².